The second kappa shape index (κ2) is 7.79. The van der Waals surface area contributed by atoms with E-state index in [9.17, 15) is 4.79 Å². The lowest BCUT2D eigenvalue weighted by molar-refractivity contribution is -0.118. The minimum Gasteiger partial charge on any atom is -0.359 e. The molecule has 1 amide bonds. The minimum atomic E-state index is -0.126. The Morgan fingerprint density at radius 2 is 1.96 bits per heavy atom. The van der Waals surface area contributed by atoms with Crippen LogP contribution in [-0.4, -0.2) is 37.4 Å². The van der Waals surface area contributed by atoms with Gasteiger partial charge in [-0.2, -0.15) is 0 Å². The second-order valence-corrected chi connectivity index (χ2v) is 6.05. The van der Waals surface area contributed by atoms with E-state index in [0.29, 0.717) is 17.5 Å². The Labute approximate surface area is 150 Å². The molecule has 0 aliphatic carbocycles. The van der Waals surface area contributed by atoms with Crippen LogP contribution >= 0.6 is 23.2 Å². The van der Waals surface area contributed by atoms with E-state index in [1.165, 1.54) is 0 Å². The number of fused-ring (bicyclic) bond motifs is 1. The summed E-state index contributed by atoms with van der Waals surface area (Å²) in [4.78, 5) is 18.6. The molecule has 2 aromatic rings. The van der Waals surface area contributed by atoms with E-state index in [2.05, 4.69) is 4.99 Å². The Morgan fingerprint density at radius 1 is 1.17 bits per heavy atom. The molecule has 0 saturated heterocycles. The van der Waals surface area contributed by atoms with Crippen molar-refractivity contribution in [2.45, 2.75) is 0 Å². The third-order valence-corrected chi connectivity index (χ3v) is 4.06. The smallest absolute Gasteiger partial charge is 0.250 e. The molecule has 3 rings (SSSR count). The highest BCUT2D eigenvalue weighted by Crippen LogP contribution is 2.29. The van der Waals surface area contributed by atoms with Crippen molar-refractivity contribution in [1.82, 2.24) is 0 Å². The number of rotatable bonds is 5. The Balaban J connectivity index is 2.05. The molecular formula is C18H16Cl2N2O2. The summed E-state index contributed by atoms with van der Waals surface area (Å²) in [6.07, 6.45) is 0. The van der Waals surface area contributed by atoms with Crippen molar-refractivity contribution in [2.24, 2.45) is 4.99 Å². The Kier molecular flexibility index (Phi) is 5.51. The number of anilines is 1. The lowest BCUT2D eigenvalue weighted by Crippen LogP contribution is -2.34. The van der Waals surface area contributed by atoms with Gasteiger partial charge in [0.1, 0.15) is 13.3 Å². The van der Waals surface area contributed by atoms with Gasteiger partial charge in [-0.15, -0.1) is 11.6 Å². The van der Waals surface area contributed by atoms with Crippen molar-refractivity contribution < 1.29 is 9.53 Å². The van der Waals surface area contributed by atoms with E-state index >= 15 is 0 Å². The summed E-state index contributed by atoms with van der Waals surface area (Å²) in [5, 5.41) is 0.591. The summed E-state index contributed by atoms with van der Waals surface area (Å²) in [5.74, 6) is 0.250. The van der Waals surface area contributed by atoms with Crippen molar-refractivity contribution in [3.8, 4) is 0 Å². The third kappa shape index (κ3) is 3.61. The number of benzodiazepines with no additional fused rings is 1. The zero-order chi connectivity index (χ0) is 16.9. The van der Waals surface area contributed by atoms with Gasteiger partial charge >= 0.3 is 0 Å². The maximum absolute atomic E-state index is 12.5. The van der Waals surface area contributed by atoms with Crippen LogP contribution in [0.1, 0.15) is 11.1 Å². The molecule has 1 aliphatic heterocycles. The van der Waals surface area contributed by atoms with E-state index < -0.39 is 0 Å². The molecule has 0 unspecified atom stereocenters. The third-order valence-electron chi connectivity index (χ3n) is 3.67. The first-order chi connectivity index (χ1) is 11.7. The van der Waals surface area contributed by atoms with Crippen LogP contribution in [0.4, 0.5) is 5.69 Å². The van der Waals surface area contributed by atoms with Crippen LogP contribution in [0.15, 0.2) is 53.5 Å². The molecule has 4 nitrogen and oxygen atoms in total. The average molecular weight is 363 g/mol. The van der Waals surface area contributed by atoms with Gasteiger partial charge in [-0.25, -0.2) is 0 Å². The van der Waals surface area contributed by atoms with E-state index in [4.69, 9.17) is 27.9 Å². The van der Waals surface area contributed by atoms with E-state index in [-0.39, 0.29) is 19.2 Å². The van der Waals surface area contributed by atoms with Gasteiger partial charge in [0.05, 0.1) is 18.0 Å². The minimum absolute atomic E-state index is 0.0563. The van der Waals surface area contributed by atoms with Crippen LogP contribution < -0.4 is 4.90 Å². The van der Waals surface area contributed by atoms with E-state index in [1.54, 1.807) is 11.0 Å². The van der Waals surface area contributed by atoms with Gasteiger partial charge in [0.25, 0.3) is 5.91 Å². The van der Waals surface area contributed by atoms with Crippen molar-refractivity contribution in [3.63, 3.8) is 0 Å². The van der Waals surface area contributed by atoms with Crippen molar-refractivity contribution in [2.75, 3.05) is 30.7 Å². The normalized spacial score (nSPS) is 14.2. The Bertz CT molecular complexity index is 763. The molecule has 0 bridgehead atoms. The molecule has 0 radical (unpaired) electrons. The number of halogens is 2. The van der Waals surface area contributed by atoms with Crippen LogP contribution in [0.3, 0.4) is 0 Å². The first-order valence-electron chi connectivity index (χ1n) is 7.54. The monoisotopic (exact) mass is 362 g/mol. The lowest BCUT2D eigenvalue weighted by atomic mass is 10.0. The summed E-state index contributed by atoms with van der Waals surface area (Å²) in [6, 6.07) is 15.2. The maximum Gasteiger partial charge on any atom is 0.250 e. The van der Waals surface area contributed by atoms with Crippen LogP contribution in [0.2, 0.25) is 5.02 Å². The van der Waals surface area contributed by atoms with E-state index in [0.717, 1.165) is 22.5 Å². The average Bonchev–Trinajstić information content (AvgIpc) is 2.73. The molecule has 6 heteroatoms. The molecule has 0 N–H and O–H groups in total. The summed E-state index contributed by atoms with van der Waals surface area (Å²) in [7, 11) is 0. The molecule has 24 heavy (non-hydrogen) atoms. The highest BCUT2D eigenvalue weighted by Gasteiger charge is 2.25. The standard InChI is InChI=1S/C18H16Cl2N2O2/c19-8-9-24-12-22-16-7-6-14(20)10-15(16)18(21-11-17(22)23)13-4-2-1-3-5-13/h1-7,10H,8-9,11-12H2. The summed E-state index contributed by atoms with van der Waals surface area (Å²) < 4.78 is 5.47. The number of nitrogens with zero attached hydrogens (tertiary/aromatic N) is 2. The summed E-state index contributed by atoms with van der Waals surface area (Å²) >= 11 is 11.8. The van der Waals surface area contributed by atoms with Gasteiger partial charge < -0.3 is 4.74 Å². The molecule has 2 aromatic carbocycles. The number of hydrogen-bond acceptors (Lipinski definition) is 3. The molecule has 0 fully saturated rings. The first-order valence-corrected chi connectivity index (χ1v) is 8.46. The van der Waals surface area contributed by atoms with Crippen molar-refractivity contribution >= 4 is 40.5 Å². The quantitative estimate of drug-likeness (QED) is 0.600. The second-order valence-electron chi connectivity index (χ2n) is 5.24. The fourth-order valence-electron chi connectivity index (χ4n) is 2.58. The van der Waals surface area contributed by atoms with E-state index in [1.807, 2.05) is 42.5 Å². The maximum atomic E-state index is 12.5. The predicted molar refractivity (Wildman–Crippen MR) is 97.4 cm³/mol. The Hall–Kier alpha value is -1.88. The van der Waals surface area contributed by atoms with Crippen LogP contribution in [0, 0.1) is 0 Å². The van der Waals surface area contributed by atoms with Crippen molar-refractivity contribution in [1.29, 1.82) is 0 Å². The molecule has 1 heterocycles. The number of aliphatic imine (C=N–C) groups is 1. The predicted octanol–water partition coefficient (Wildman–Crippen LogP) is 3.74. The van der Waals surface area contributed by atoms with Gasteiger partial charge in [-0.05, 0) is 18.2 Å². The highest BCUT2D eigenvalue weighted by molar-refractivity contribution is 6.32. The fourth-order valence-corrected chi connectivity index (χ4v) is 2.86. The highest BCUT2D eigenvalue weighted by atomic mass is 35.5. The molecule has 0 atom stereocenters. The molecule has 0 saturated carbocycles. The number of ether oxygens (including phenoxy) is 1. The molecule has 124 valence electrons. The summed E-state index contributed by atoms with van der Waals surface area (Å²) in [5.41, 5.74) is 3.24. The Morgan fingerprint density at radius 3 is 2.71 bits per heavy atom. The van der Waals surface area contributed by atoms with Gasteiger partial charge in [-0.3, -0.25) is 14.7 Å². The SMILES string of the molecule is O=C1CN=C(c2ccccc2)c2cc(Cl)ccc2N1COCCCl. The largest absolute Gasteiger partial charge is 0.359 e. The van der Waals surface area contributed by atoms with Crippen molar-refractivity contribution in [3.05, 3.63) is 64.7 Å². The lowest BCUT2D eigenvalue weighted by Gasteiger charge is -2.23. The number of carbonyl (C=O) groups excluding carboxylic acids is 1. The molecule has 0 aromatic heterocycles. The van der Waals surface area contributed by atoms with Gasteiger partial charge in [0.2, 0.25) is 0 Å². The molecule has 1 aliphatic rings. The van der Waals surface area contributed by atoms with Gasteiger partial charge in [0, 0.05) is 22.0 Å². The number of benzene rings is 2. The number of hydrogen-bond donors (Lipinski definition) is 0. The molecular weight excluding hydrogens is 347 g/mol. The fraction of sp³-hybridized carbons (Fsp3) is 0.222. The first kappa shape index (κ1) is 17.0. The van der Waals surface area contributed by atoms with Crippen LogP contribution in [0.25, 0.3) is 0 Å². The van der Waals surface area contributed by atoms with Crippen LogP contribution in [0.5, 0.6) is 0 Å². The number of amides is 1. The van der Waals surface area contributed by atoms with Gasteiger partial charge in [0.15, 0.2) is 0 Å². The van der Waals surface area contributed by atoms with Crippen LogP contribution in [-0.2, 0) is 9.53 Å². The van der Waals surface area contributed by atoms with Gasteiger partial charge in [-0.1, -0.05) is 41.9 Å². The molecule has 0 spiro atoms. The number of carbonyl (C=O) groups is 1. The zero-order valence-corrected chi connectivity index (χ0v) is 14.4. The summed E-state index contributed by atoms with van der Waals surface area (Å²) in [6.45, 7) is 0.569. The number of alkyl halides is 1. The zero-order valence-electron chi connectivity index (χ0n) is 12.9. The topological polar surface area (TPSA) is 41.9 Å².